The SMILES string of the molecule is O=C(O)C1CCCCCCCCCCC1O. The summed E-state index contributed by atoms with van der Waals surface area (Å²) in [6, 6.07) is 0. The summed E-state index contributed by atoms with van der Waals surface area (Å²) in [5, 5.41) is 18.9. The smallest absolute Gasteiger partial charge is 0.309 e. The summed E-state index contributed by atoms with van der Waals surface area (Å²) in [5.41, 5.74) is 0. The molecule has 0 amide bonds. The van der Waals surface area contributed by atoms with Crippen LogP contribution >= 0.6 is 0 Å². The van der Waals surface area contributed by atoms with Crippen LogP contribution in [0.25, 0.3) is 0 Å². The van der Waals surface area contributed by atoms with Crippen LogP contribution in [0.4, 0.5) is 0 Å². The van der Waals surface area contributed by atoms with Crippen molar-refractivity contribution in [1.82, 2.24) is 0 Å². The van der Waals surface area contributed by atoms with Crippen molar-refractivity contribution in [2.75, 3.05) is 0 Å². The first-order valence-corrected chi connectivity index (χ1v) is 6.62. The molecule has 0 aliphatic heterocycles. The van der Waals surface area contributed by atoms with E-state index in [2.05, 4.69) is 0 Å². The predicted molar refractivity (Wildman–Crippen MR) is 63.3 cm³/mol. The molecule has 0 bridgehead atoms. The summed E-state index contributed by atoms with van der Waals surface area (Å²) in [7, 11) is 0. The Morgan fingerprint density at radius 3 is 1.75 bits per heavy atom. The molecule has 0 aromatic rings. The fourth-order valence-electron chi connectivity index (χ4n) is 2.46. The zero-order valence-electron chi connectivity index (χ0n) is 10.0. The van der Waals surface area contributed by atoms with E-state index < -0.39 is 18.0 Å². The fraction of sp³-hybridized carbons (Fsp3) is 0.923. The van der Waals surface area contributed by atoms with Gasteiger partial charge in [0.05, 0.1) is 12.0 Å². The van der Waals surface area contributed by atoms with Crippen LogP contribution in [0.5, 0.6) is 0 Å². The summed E-state index contributed by atoms with van der Waals surface area (Å²) >= 11 is 0. The minimum Gasteiger partial charge on any atom is -0.481 e. The maximum absolute atomic E-state index is 11.0. The van der Waals surface area contributed by atoms with Crippen LogP contribution < -0.4 is 0 Å². The van der Waals surface area contributed by atoms with Crippen molar-refractivity contribution in [3.63, 3.8) is 0 Å². The lowest BCUT2D eigenvalue weighted by molar-refractivity contribution is -0.146. The van der Waals surface area contributed by atoms with Crippen LogP contribution in [0.2, 0.25) is 0 Å². The van der Waals surface area contributed by atoms with E-state index in [1.165, 1.54) is 25.7 Å². The molecular weight excluding hydrogens is 204 g/mol. The van der Waals surface area contributed by atoms with E-state index >= 15 is 0 Å². The van der Waals surface area contributed by atoms with Gasteiger partial charge in [0.2, 0.25) is 0 Å². The second-order valence-corrected chi connectivity index (χ2v) is 4.92. The van der Waals surface area contributed by atoms with Gasteiger partial charge in [0.15, 0.2) is 0 Å². The molecular formula is C13H24O3. The highest BCUT2D eigenvalue weighted by molar-refractivity contribution is 5.70. The quantitative estimate of drug-likeness (QED) is 0.725. The second kappa shape index (κ2) is 7.66. The van der Waals surface area contributed by atoms with Crippen LogP contribution in [-0.4, -0.2) is 22.3 Å². The lowest BCUT2D eigenvalue weighted by Gasteiger charge is -2.19. The normalized spacial score (nSPS) is 30.1. The minimum absolute atomic E-state index is 0.542. The Kier molecular flexibility index (Phi) is 6.46. The highest BCUT2D eigenvalue weighted by Gasteiger charge is 2.25. The maximum Gasteiger partial charge on any atom is 0.309 e. The van der Waals surface area contributed by atoms with Crippen molar-refractivity contribution in [2.45, 2.75) is 70.3 Å². The topological polar surface area (TPSA) is 57.5 Å². The molecule has 1 aliphatic carbocycles. The van der Waals surface area contributed by atoms with Crippen molar-refractivity contribution in [3.8, 4) is 0 Å². The maximum atomic E-state index is 11.0. The molecule has 1 aliphatic rings. The molecule has 0 aromatic carbocycles. The second-order valence-electron chi connectivity index (χ2n) is 4.92. The van der Waals surface area contributed by atoms with Gasteiger partial charge in [-0.2, -0.15) is 0 Å². The van der Waals surface area contributed by atoms with Crippen LogP contribution in [0.1, 0.15) is 64.2 Å². The Morgan fingerprint density at radius 2 is 1.25 bits per heavy atom. The Hall–Kier alpha value is -0.570. The summed E-state index contributed by atoms with van der Waals surface area (Å²) in [6.07, 6.45) is 9.79. The molecule has 94 valence electrons. The van der Waals surface area contributed by atoms with Gasteiger partial charge in [-0.15, -0.1) is 0 Å². The van der Waals surface area contributed by atoms with Gasteiger partial charge in [-0.25, -0.2) is 0 Å². The van der Waals surface area contributed by atoms with Crippen LogP contribution in [0, 0.1) is 5.92 Å². The third-order valence-corrected chi connectivity index (χ3v) is 3.55. The van der Waals surface area contributed by atoms with Gasteiger partial charge in [0, 0.05) is 0 Å². The summed E-state index contributed by atoms with van der Waals surface area (Å²) in [6.45, 7) is 0. The molecule has 0 heterocycles. The fourth-order valence-corrected chi connectivity index (χ4v) is 2.46. The Labute approximate surface area is 97.9 Å². The number of carboxylic acids is 1. The Morgan fingerprint density at radius 1 is 0.812 bits per heavy atom. The lowest BCUT2D eigenvalue weighted by Crippen LogP contribution is -2.28. The van der Waals surface area contributed by atoms with Gasteiger partial charge in [-0.05, 0) is 12.8 Å². The Bertz CT molecular complexity index is 203. The van der Waals surface area contributed by atoms with E-state index in [-0.39, 0.29) is 0 Å². The van der Waals surface area contributed by atoms with Crippen LogP contribution in [0.15, 0.2) is 0 Å². The minimum atomic E-state index is -0.829. The molecule has 3 nitrogen and oxygen atoms in total. The molecule has 1 rings (SSSR count). The zero-order valence-corrected chi connectivity index (χ0v) is 10.0. The molecule has 0 saturated heterocycles. The first-order chi connectivity index (χ1) is 7.72. The average molecular weight is 228 g/mol. The van der Waals surface area contributed by atoms with E-state index in [0.717, 1.165) is 25.7 Å². The summed E-state index contributed by atoms with van der Waals surface area (Å²) in [5.74, 6) is -1.37. The van der Waals surface area contributed by atoms with Gasteiger partial charge < -0.3 is 10.2 Å². The molecule has 2 unspecified atom stereocenters. The van der Waals surface area contributed by atoms with Gasteiger partial charge in [-0.3, -0.25) is 4.79 Å². The highest BCUT2D eigenvalue weighted by Crippen LogP contribution is 2.21. The third-order valence-electron chi connectivity index (χ3n) is 3.55. The molecule has 2 N–H and O–H groups in total. The zero-order chi connectivity index (χ0) is 11.8. The van der Waals surface area contributed by atoms with Crippen molar-refractivity contribution in [3.05, 3.63) is 0 Å². The number of hydrogen-bond donors (Lipinski definition) is 2. The molecule has 0 aromatic heterocycles. The summed E-state index contributed by atoms with van der Waals surface area (Å²) in [4.78, 5) is 11.0. The van der Waals surface area contributed by atoms with Crippen molar-refractivity contribution in [1.29, 1.82) is 0 Å². The van der Waals surface area contributed by atoms with E-state index in [1.54, 1.807) is 0 Å². The lowest BCUT2D eigenvalue weighted by atomic mass is 9.90. The van der Waals surface area contributed by atoms with Crippen molar-refractivity contribution >= 4 is 5.97 Å². The van der Waals surface area contributed by atoms with Gasteiger partial charge in [-0.1, -0.05) is 51.4 Å². The largest absolute Gasteiger partial charge is 0.481 e. The van der Waals surface area contributed by atoms with Crippen LogP contribution in [0.3, 0.4) is 0 Å². The number of hydrogen-bond acceptors (Lipinski definition) is 2. The van der Waals surface area contributed by atoms with Gasteiger partial charge in [0.25, 0.3) is 0 Å². The molecule has 1 saturated carbocycles. The number of carbonyl (C=O) groups is 1. The molecule has 3 heteroatoms. The molecule has 1 fully saturated rings. The van der Waals surface area contributed by atoms with E-state index in [4.69, 9.17) is 5.11 Å². The molecule has 2 atom stereocenters. The van der Waals surface area contributed by atoms with Crippen molar-refractivity contribution < 1.29 is 15.0 Å². The predicted octanol–water partition coefficient (Wildman–Crippen LogP) is 2.96. The number of rotatable bonds is 1. The number of carboxylic acid groups (broad SMARTS) is 1. The van der Waals surface area contributed by atoms with E-state index in [0.29, 0.717) is 12.8 Å². The molecule has 16 heavy (non-hydrogen) atoms. The third kappa shape index (κ3) is 4.97. The number of aliphatic carboxylic acids is 1. The van der Waals surface area contributed by atoms with Gasteiger partial charge in [0.1, 0.15) is 0 Å². The summed E-state index contributed by atoms with van der Waals surface area (Å²) < 4.78 is 0. The Balaban J connectivity index is 2.43. The average Bonchev–Trinajstić information content (AvgIpc) is 2.22. The number of aliphatic hydroxyl groups excluding tert-OH is 1. The van der Waals surface area contributed by atoms with E-state index in [9.17, 15) is 9.90 Å². The first-order valence-electron chi connectivity index (χ1n) is 6.62. The molecule has 0 spiro atoms. The number of aliphatic hydroxyl groups is 1. The van der Waals surface area contributed by atoms with E-state index in [1.807, 2.05) is 0 Å². The van der Waals surface area contributed by atoms with Gasteiger partial charge >= 0.3 is 5.97 Å². The first kappa shape index (κ1) is 13.5. The molecule has 0 radical (unpaired) electrons. The highest BCUT2D eigenvalue weighted by atomic mass is 16.4. The van der Waals surface area contributed by atoms with Crippen molar-refractivity contribution in [2.24, 2.45) is 5.92 Å². The monoisotopic (exact) mass is 228 g/mol. The standard InChI is InChI=1S/C13H24O3/c14-12-10-8-6-4-2-1-3-5-7-9-11(12)13(15)16/h11-12,14H,1-10H2,(H,15,16). The van der Waals surface area contributed by atoms with Crippen LogP contribution in [-0.2, 0) is 4.79 Å².